The Hall–Kier alpha value is -4.73. The van der Waals surface area contributed by atoms with E-state index >= 15 is 0 Å². The average molecular weight is 560 g/mol. The molecule has 2 unspecified atom stereocenters. The maximum Gasteiger partial charge on any atom is 0.429 e. The predicted octanol–water partition coefficient (Wildman–Crippen LogP) is 4.42. The van der Waals surface area contributed by atoms with Gasteiger partial charge in [-0.2, -0.15) is 0 Å². The second kappa shape index (κ2) is 12.6. The first kappa shape index (κ1) is 27.8. The number of carbonyl (C=O) groups is 3. The second-order valence-corrected chi connectivity index (χ2v) is 9.98. The SMILES string of the molecule is COc1ccc(CC(=O)N2CC3CC(C2)N(C(=O)OCc2ccccc2)N3C(=O)OCc2ccccc2)cc1OC. The first-order chi connectivity index (χ1) is 20.0. The lowest BCUT2D eigenvalue weighted by Crippen LogP contribution is -2.50. The summed E-state index contributed by atoms with van der Waals surface area (Å²) >= 11 is 0. The van der Waals surface area contributed by atoms with Crippen molar-refractivity contribution in [3.8, 4) is 11.5 Å². The summed E-state index contributed by atoms with van der Waals surface area (Å²) in [6.45, 7) is 0.655. The van der Waals surface area contributed by atoms with Crippen LogP contribution in [0.1, 0.15) is 23.1 Å². The normalized spacial score (nSPS) is 17.7. The van der Waals surface area contributed by atoms with Gasteiger partial charge in [0.05, 0.1) is 32.7 Å². The predicted molar refractivity (Wildman–Crippen MR) is 149 cm³/mol. The molecule has 41 heavy (non-hydrogen) atoms. The van der Waals surface area contributed by atoms with Crippen molar-refractivity contribution in [2.24, 2.45) is 0 Å². The highest BCUT2D eigenvalue weighted by molar-refractivity contribution is 5.80. The number of hydrogen-bond acceptors (Lipinski definition) is 7. The van der Waals surface area contributed by atoms with Crippen LogP contribution in [-0.4, -0.2) is 72.4 Å². The minimum Gasteiger partial charge on any atom is -0.493 e. The van der Waals surface area contributed by atoms with Crippen molar-refractivity contribution in [3.63, 3.8) is 0 Å². The fraction of sp³-hybridized carbons (Fsp3) is 0.323. The van der Waals surface area contributed by atoms with E-state index < -0.39 is 24.3 Å². The number of methoxy groups -OCH3 is 2. The van der Waals surface area contributed by atoms with Gasteiger partial charge in [-0.25, -0.2) is 19.6 Å². The molecule has 5 rings (SSSR count). The quantitative estimate of drug-likeness (QED) is 0.403. The monoisotopic (exact) mass is 559 g/mol. The number of hydrogen-bond donors (Lipinski definition) is 0. The number of hydrazine groups is 1. The van der Waals surface area contributed by atoms with Gasteiger partial charge in [0.1, 0.15) is 13.2 Å². The highest BCUT2D eigenvalue weighted by atomic mass is 16.6. The van der Waals surface area contributed by atoms with E-state index in [0.717, 1.165) is 16.7 Å². The molecule has 0 aliphatic carbocycles. The number of benzene rings is 3. The number of piperidine rings is 1. The minimum atomic E-state index is -0.660. The Labute approximate surface area is 238 Å². The van der Waals surface area contributed by atoms with E-state index in [0.29, 0.717) is 17.9 Å². The second-order valence-electron chi connectivity index (χ2n) is 9.98. The van der Waals surface area contributed by atoms with Crippen LogP contribution in [0.25, 0.3) is 0 Å². The lowest BCUT2D eigenvalue weighted by atomic mass is 10.0. The van der Waals surface area contributed by atoms with E-state index in [9.17, 15) is 14.4 Å². The summed E-state index contributed by atoms with van der Waals surface area (Å²) in [7, 11) is 3.10. The van der Waals surface area contributed by atoms with Gasteiger partial charge in [0.15, 0.2) is 11.5 Å². The molecular formula is C31H33N3O7. The van der Waals surface area contributed by atoms with Crippen LogP contribution in [0.4, 0.5) is 9.59 Å². The standard InChI is InChI=1S/C31H33N3O7/c1-38-27-14-13-24(15-28(27)39-2)16-29(35)32-18-25-17-26(19-32)34(31(37)41-21-23-11-7-4-8-12-23)33(25)30(36)40-20-22-9-5-3-6-10-22/h3-15,25-26H,16-21H2,1-2H3. The lowest BCUT2D eigenvalue weighted by Gasteiger charge is -2.30. The van der Waals surface area contributed by atoms with Crippen LogP contribution in [0.3, 0.4) is 0 Å². The molecule has 2 saturated heterocycles. The maximum atomic E-state index is 13.4. The van der Waals surface area contributed by atoms with Crippen molar-refractivity contribution in [3.05, 3.63) is 95.6 Å². The number of amides is 3. The van der Waals surface area contributed by atoms with Crippen molar-refractivity contribution in [2.75, 3.05) is 27.3 Å². The fourth-order valence-electron chi connectivity index (χ4n) is 5.28. The largest absolute Gasteiger partial charge is 0.493 e. The third-order valence-electron chi connectivity index (χ3n) is 7.27. The molecule has 0 aromatic heterocycles. The first-order valence-electron chi connectivity index (χ1n) is 13.4. The molecule has 2 aliphatic heterocycles. The van der Waals surface area contributed by atoms with Crippen LogP contribution < -0.4 is 9.47 Å². The van der Waals surface area contributed by atoms with Crippen LogP contribution in [0.15, 0.2) is 78.9 Å². The van der Waals surface area contributed by atoms with Crippen molar-refractivity contribution in [2.45, 2.75) is 38.1 Å². The van der Waals surface area contributed by atoms with Gasteiger partial charge in [-0.1, -0.05) is 66.7 Å². The Bertz CT molecular complexity index is 1300. The molecule has 0 spiro atoms. The number of fused-ring (bicyclic) bond motifs is 2. The summed E-state index contributed by atoms with van der Waals surface area (Å²) in [6.07, 6.45) is -0.669. The van der Waals surface area contributed by atoms with E-state index in [4.69, 9.17) is 18.9 Å². The Balaban J connectivity index is 1.31. The van der Waals surface area contributed by atoms with Crippen LogP contribution in [0, 0.1) is 0 Å². The molecule has 0 saturated carbocycles. The summed E-state index contributed by atoms with van der Waals surface area (Å²) in [5.41, 5.74) is 2.42. The summed E-state index contributed by atoms with van der Waals surface area (Å²) in [5.74, 6) is 0.995. The van der Waals surface area contributed by atoms with Gasteiger partial charge in [0, 0.05) is 13.1 Å². The number of ether oxygens (including phenoxy) is 4. The van der Waals surface area contributed by atoms with Gasteiger partial charge in [-0.3, -0.25) is 4.79 Å². The van der Waals surface area contributed by atoms with Crippen LogP contribution >= 0.6 is 0 Å². The fourth-order valence-corrected chi connectivity index (χ4v) is 5.28. The van der Waals surface area contributed by atoms with Gasteiger partial charge in [0.25, 0.3) is 0 Å². The summed E-state index contributed by atoms with van der Waals surface area (Å²) in [6, 6.07) is 23.1. The van der Waals surface area contributed by atoms with E-state index in [2.05, 4.69) is 0 Å². The molecule has 10 nitrogen and oxygen atoms in total. The zero-order chi connectivity index (χ0) is 28.8. The Morgan fingerprint density at radius 2 is 1.20 bits per heavy atom. The molecule has 2 atom stereocenters. The molecule has 2 aliphatic rings. The van der Waals surface area contributed by atoms with E-state index in [1.54, 1.807) is 31.3 Å². The average Bonchev–Trinajstić information content (AvgIpc) is 3.28. The van der Waals surface area contributed by atoms with Gasteiger partial charge >= 0.3 is 12.2 Å². The lowest BCUT2D eigenvalue weighted by molar-refractivity contribution is -0.131. The molecule has 0 radical (unpaired) electrons. The molecular weight excluding hydrogens is 526 g/mol. The first-order valence-corrected chi connectivity index (χ1v) is 13.4. The summed E-state index contributed by atoms with van der Waals surface area (Å²) in [4.78, 5) is 41.8. The molecule has 0 N–H and O–H groups in total. The van der Waals surface area contributed by atoms with E-state index in [1.807, 2.05) is 66.7 Å². The van der Waals surface area contributed by atoms with Gasteiger partial charge < -0.3 is 23.8 Å². The van der Waals surface area contributed by atoms with E-state index in [-0.39, 0.29) is 38.6 Å². The smallest absolute Gasteiger partial charge is 0.429 e. The summed E-state index contributed by atoms with van der Waals surface area (Å²) < 4.78 is 21.9. The molecule has 3 aromatic carbocycles. The van der Waals surface area contributed by atoms with Gasteiger partial charge in [-0.15, -0.1) is 0 Å². The molecule has 2 heterocycles. The number of likely N-dealkylation sites (tertiary alicyclic amines) is 1. The van der Waals surface area contributed by atoms with Crippen LogP contribution in [-0.2, 0) is 33.9 Å². The maximum absolute atomic E-state index is 13.4. The third kappa shape index (κ3) is 6.37. The molecule has 214 valence electrons. The van der Waals surface area contributed by atoms with Gasteiger partial charge in [-0.05, 0) is 35.2 Å². The van der Waals surface area contributed by atoms with Crippen molar-refractivity contribution in [1.29, 1.82) is 0 Å². The number of carbonyl (C=O) groups excluding carboxylic acids is 3. The molecule has 2 fully saturated rings. The zero-order valence-corrected chi connectivity index (χ0v) is 23.1. The van der Waals surface area contributed by atoms with Gasteiger partial charge in [0.2, 0.25) is 5.91 Å². The van der Waals surface area contributed by atoms with Crippen LogP contribution in [0.5, 0.6) is 11.5 Å². The van der Waals surface area contributed by atoms with Crippen molar-refractivity contribution < 1.29 is 33.3 Å². The zero-order valence-electron chi connectivity index (χ0n) is 23.1. The minimum absolute atomic E-state index is 0.0579. The molecule has 2 bridgehead atoms. The van der Waals surface area contributed by atoms with Crippen molar-refractivity contribution >= 4 is 18.1 Å². The highest BCUT2D eigenvalue weighted by Crippen LogP contribution is 2.33. The topological polar surface area (TPSA) is 97.9 Å². The number of rotatable bonds is 8. The third-order valence-corrected chi connectivity index (χ3v) is 7.27. The summed E-state index contributed by atoms with van der Waals surface area (Å²) in [5, 5.41) is 2.65. The Kier molecular flexibility index (Phi) is 8.57. The van der Waals surface area contributed by atoms with Crippen molar-refractivity contribution in [1.82, 2.24) is 14.9 Å². The number of nitrogens with zero attached hydrogens (tertiary/aromatic N) is 3. The Morgan fingerprint density at radius 3 is 1.68 bits per heavy atom. The van der Waals surface area contributed by atoms with Crippen LogP contribution in [0.2, 0.25) is 0 Å². The van der Waals surface area contributed by atoms with E-state index in [1.165, 1.54) is 10.0 Å². The molecule has 10 heteroatoms. The molecule has 3 aromatic rings. The Morgan fingerprint density at radius 1 is 0.683 bits per heavy atom. The highest BCUT2D eigenvalue weighted by Gasteiger charge is 2.51. The molecule has 3 amide bonds.